The molecule has 0 aromatic carbocycles. The molecule has 1 fully saturated rings. The van der Waals surface area contributed by atoms with E-state index < -0.39 is 0 Å². The van der Waals surface area contributed by atoms with Gasteiger partial charge in [-0.2, -0.15) is 0 Å². The molecule has 1 N–H and O–H groups in total. The summed E-state index contributed by atoms with van der Waals surface area (Å²) in [6, 6.07) is 0. The second-order valence-electron chi connectivity index (χ2n) is 6.46. The van der Waals surface area contributed by atoms with Crippen LogP contribution in [0.2, 0.25) is 0 Å². The number of carbonyl (C=O) groups excluding carboxylic acids is 1. The molecule has 1 amide bonds. The van der Waals surface area contributed by atoms with Gasteiger partial charge in [-0.05, 0) is 26.2 Å². The van der Waals surface area contributed by atoms with Crippen molar-refractivity contribution in [2.75, 3.05) is 11.9 Å². The number of amides is 1. The Bertz CT molecular complexity index is 751. The predicted octanol–water partition coefficient (Wildman–Crippen LogP) is 1.60. The van der Waals surface area contributed by atoms with Crippen molar-refractivity contribution in [2.45, 2.75) is 45.8 Å². The van der Waals surface area contributed by atoms with Crippen molar-refractivity contribution in [3.05, 3.63) is 35.8 Å². The van der Waals surface area contributed by atoms with Gasteiger partial charge in [-0.15, -0.1) is 0 Å². The molecule has 0 unspecified atom stereocenters. The number of aryl methyl sites for hydroxylation is 1. The zero-order valence-electron chi connectivity index (χ0n) is 13.9. The van der Waals surface area contributed by atoms with Crippen LogP contribution in [0.25, 0.3) is 0 Å². The molecular weight excluding hydrogens is 304 g/mol. The first-order chi connectivity index (χ1) is 11.8. The van der Waals surface area contributed by atoms with E-state index in [-0.39, 0.29) is 5.92 Å². The van der Waals surface area contributed by atoms with Crippen LogP contribution in [0.15, 0.2) is 18.9 Å². The molecule has 1 saturated carbocycles. The van der Waals surface area contributed by atoms with Gasteiger partial charge in [-0.3, -0.25) is 4.79 Å². The molecule has 2 aromatic heterocycles. The fourth-order valence-electron chi connectivity index (χ4n) is 3.24. The van der Waals surface area contributed by atoms with E-state index in [2.05, 4.69) is 31.8 Å². The minimum absolute atomic E-state index is 0.264. The van der Waals surface area contributed by atoms with E-state index in [1.807, 2.05) is 17.4 Å². The monoisotopic (exact) mass is 326 g/mol. The largest absolute Gasteiger partial charge is 0.364 e. The lowest BCUT2D eigenvalue weighted by Crippen LogP contribution is -2.37. The van der Waals surface area contributed by atoms with E-state index in [1.165, 1.54) is 0 Å². The van der Waals surface area contributed by atoms with Gasteiger partial charge in [-0.25, -0.2) is 15.0 Å². The average Bonchev–Trinajstić information content (AvgIpc) is 3.37. The molecule has 3 heterocycles. The lowest BCUT2D eigenvalue weighted by atomic mass is 10.0. The van der Waals surface area contributed by atoms with Crippen molar-refractivity contribution in [1.29, 1.82) is 0 Å². The molecule has 24 heavy (non-hydrogen) atoms. The Morgan fingerprint density at radius 3 is 3.04 bits per heavy atom. The molecule has 0 saturated heterocycles. The van der Waals surface area contributed by atoms with Gasteiger partial charge in [0, 0.05) is 30.8 Å². The number of imidazole rings is 1. The molecule has 2 aliphatic rings. The predicted molar refractivity (Wildman–Crippen MR) is 89.1 cm³/mol. The summed E-state index contributed by atoms with van der Waals surface area (Å²) in [6.07, 6.45) is 8.20. The molecule has 7 nitrogen and oxygen atoms in total. The summed E-state index contributed by atoms with van der Waals surface area (Å²) in [7, 11) is 0. The second-order valence-corrected chi connectivity index (χ2v) is 6.46. The van der Waals surface area contributed by atoms with Gasteiger partial charge in [0.2, 0.25) is 5.91 Å². The van der Waals surface area contributed by atoms with Crippen LogP contribution in [0.4, 0.5) is 5.82 Å². The number of rotatable bonds is 5. The Morgan fingerprint density at radius 2 is 2.25 bits per heavy atom. The number of aromatic nitrogens is 4. The first kappa shape index (κ1) is 15.1. The molecule has 2 aromatic rings. The topological polar surface area (TPSA) is 75.9 Å². The smallest absolute Gasteiger partial charge is 0.226 e. The van der Waals surface area contributed by atoms with Gasteiger partial charge in [0.05, 0.1) is 30.8 Å². The summed E-state index contributed by atoms with van der Waals surface area (Å²) < 4.78 is 2.11. The number of anilines is 1. The van der Waals surface area contributed by atoms with Crippen LogP contribution in [-0.4, -0.2) is 36.9 Å². The SMILES string of the molecule is CCn1cncc1CNc1ncnc2c1CCN(C(=O)C1CC1)C2. The Morgan fingerprint density at radius 1 is 1.38 bits per heavy atom. The molecule has 126 valence electrons. The third-order valence-corrected chi connectivity index (χ3v) is 4.82. The highest BCUT2D eigenvalue weighted by Gasteiger charge is 2.35. The molecular formula is C17H22N6O. The number of nitrogens with zero attached hydrogens (tertiary/aromatic N) is 5. The summed E-state index contributed by atoms with van der Waals surface area (Å²) in [5, 5.41) is 3.41. The molecule has 0 atom stereocenters. The van der Waals surface area contributed by atoms with Gasteiger partial charge >= 0.3 is 0 Å². The fourth-order valence-corrected chi connectivity index (χ4v) is 3.24. The summed E-state index contributed by atoms with van der Waals surface area (Å²) in [6.45, 7) is 5.05. The number of hydrogen-bond donors (Lipinski definition) is 1. The van der Waals surface area contributed by atoms with Crippen molar-refractivity contribution in [1.82, 2.24) is 24.4 Å². The lowest BCUT2D eigenvalue weighted by molar-refractivity contribution is -0.133. The van der Waals surface area contributed by atoms with Gasteiger partial charge in [0.1, 0.15) is 12.1 Å². The minimum Gasteiger partial charge on any atom is -0.364 e. The molecule has 1 aliphatic heterocycles. The Labute approximate surface area is 141 Å². The third-order valence-electron chi connectivity index (χ3n) is 4.82. The maximum atomic E-state index is 12.3. The van der Waals surface area contributed by atoms with Crippen LogP contribution in [-0.2, 0) is 30.8 Å². The molecule has 1 aliphatic carbocycles. The van der Waals surface area contributed by atoms with Crippen molar-refractivity contribution in [3.63, 3.8) is 0 Å². The summed E-state index contributed by atoms with van der Waals surface area (Å²) >= 11 is 0. The van der Waals surface area contributed by atoms with E-state index in [4.69, 9.17) is 0 Å². The van der Waals surface area contributed by atoms with Gasteiger partial charge in [0.25, 0.3) is 0 Å². The maximum Gasteiger partial charge on any atom is 0.226 e. The number of nitrogens with one attached hydrogen (secondary N) is 1. The van der Waals surface area contributed by atoms with Crippen LogP contribution in [0.1, 0.15) is 36.7 Å². The van der Waals surface area contributed by atoms with Crippen molar-refractivity contribution in [2.24, 2.45) is 5.92 Å². The second kappa shape index (κ2) is 6.22. The maximum absolute atomic E-state index is 12.3. The zero-order chi connectivity index (χ0) is 16.5. The number of hydrogen-bond acceptors (Lipinski definition) is 5. The summed E-state index contributed by atoms with van der Waals surface area (Å²) in [4.78, 5) is 27.2. The van der Waals surface area contributed by atoms with Crippen molar-refractivity contribution < 1.29 is 4.79 Å². The minimum atomic E-state index is 0.264. The van der Waals surface area contributed by atoms with Gasteiger partial charge < -0.3 is 14.8 Å². The Kier molecular flexibility index (Phi) is 3.92. The molecule has 0 radical (unpaired) electrons. The van der Waals surface area contributed by atoms with E-state index in [1.54, 1.807) is 6.33 Å². The average molecular weight is 326 g/mol. The molecule has 0 spiro atoms. The first-order valence-corrected chi connectivity index (χ1v) is 8.60. The number of fused-ring (bicyclic) bond motifs is 1. The molecule has 0 bridgehead atoms. The van der Waals surface area contributed by atoms with Crippen LogP contribution >= 0.6 is 0 Å². The van der Waals surface area contributed by atoms with Gasteiger partial charge in [0.15, 0.2) is 0 Å². The van der Waals surface area contributed by atoms with Crippen molar-refractivity contribution >= 4 is 11.7 Å². The van der Waals surface area contributed by atoms with Crippen LogP contribution in [0.5, 0.6) is 0 Å². The fraction of sp³-hybridized carbons (Fsp3) is 0.529. The Balaban J connectivity index is 1.48. The molecule has 7 heteroatoms. The van der Waals surface area contributed by atoms with Crippen molar-refractivity contribution in [3.8, 4) is 0 Å². The zero-order valence-corrected chi connectivity index (χ0v) is 13.9. The highest BCUT2D eigenvalue weighted by atomic mass is 16.2. The van der Waals surface area contributed by atoms with E-state index >= 15 is 0 Å². The lowest BCUT2D eigenvalue weighted by Gasteiger charge is -2.29. The standard InChI is InChI=1S/C17H22N6O/c1-2-22-11-18-7-13(22)8-19-16-14-5-6-23(17(24)12-3-4-12)9-15(14)20-10-21-16/h7,10-12H,2-6,8-9H2,1H3,(H,19,20,21). The summed E-state index contributed by atoms with van der Waals surface area (Å²) in [5.41, 5.74) is 3.24. The molecule has 4 rings (SSSR count). The first-order valence-electron chi connectivity index (χ1n) is 8.60. The van der Waals surface area contributed by atoms with E-state index in [0.29, 0.717) is 19.0 Å². The van der Waals surface area contributed by atoms with Crippen LogP contribution in [0, 0.1) is 5.92 Å². The highest BCUT2D eigenvalue weighted by Crippen LogP contribution is 2.33. The van der Waals surface area contributed by atoms with Crippen LogP contribution in [0.3, 0.4) is 0 Å². The Hall–Kier alpha value is -2.44. The van der Waals surface area contributed by atoms with E-state index in [0.717, 1.165) is 55.1 Å². The quantitative estimate of drug-likeness (QED) is 0.903. The van der Waals surface area contributed by atoms with Crippen LogP contribution < -0.4 is 5.32 Å². The van der Waals surface area contributed by atoms with E-state index in [9.17, 15) is 4.79 Å². The van der Waals surface area contributed by atoms with Gasteiger partial charge in [-0.1, -0.05) is 0 Å². The summed E-state index contributed by atoms with van der Waals surface area (Å²) in [5.74, 6) is 1.43. The highest BCUT2D eigenvalue weighted by molar-refractivity contribution is 5.81. The normalized spacial score (nSPS) is 16.8. The third kappa shape index (κ3) is 2.86. The number of carbonyl (C=O) groups is 1.